The highest BCUT2D eigenvalue weighted by Crippen LogP contribution is 2.45. The Labute approximate surface area is 124 Å². The molecule has 1 aromatic carbocycles. The van der Waals surface area contributed by atoms with Crippen molar-refractivity contribution in [3.63, 3.8) is 0 Å². The maximum atomic E-state index is 11.3. The SMILES string of the molecule is CCC1(n2c(C(C)C)nc3ccc(C(=O)O)cc32)CCC1. The van der Waals surface area contributed by atoms with Crippen LogP contribution < -0.4 is 0 Å². The lowest BCUT2D eigenvalue weighted by molar-refractivity contribution is 0.0697. The minimum absolute atomic E-state index is 0.130. The molecule has 0 bridgehead atoms. The second-order valence-corrected chi connectivity index (χ2v) is 6.40. The second kappa shape index (κ2) is 4.86. The minimum Gasteiger partial charge on any atom is -0.478 e. The van der Waals surface area contributed by atoms with Crippen molar-refractivity contribution in [3.05, 3.63) is 29.6 Å². The maximum Gasteiger partial charge on any atom is 0.335 e. The predicted molar refractivity (Wildman–Crippen MR) is 82.9 cm³/mol. The van der Waals surface area contributed by atoms with Gasteiger partial charge in [-0.1, -0.05) is 20.8 Å². The molecule has 0 unspecified atom stereocenters. The van der Waals surface area contributed by atoms with Crippen LogP contribution in [0.1, 0.15) is 68.6 Å². The number of imidazole rings is 1. The first-order chi connectivity index (χ1) is 9.98. The van der Waals surface area contributed by atoms with Crippen LogP contribution in [0, 0.1) is 0 Å². The molecule has 0 saturated heterocycles. The fourth-order valence-corrected chi connectivity index (χ4v) is 3.43. The topological polar surface area (TPSA) is 55.1 Å². The van der Waals surface area contributed by atoms with E-state index in [1.807, 2.05) is 6.07 Å². The molecule has 0 amide bonds. The van der Waals surface area contributed by atoms with Gasteiger partial charge in [0.2, 0.25) is 0 Å². The molecule has 1 fully saturated rings. The quantitative estimate of drug-likeness (QED) is 0.918. The Morgan fingerprint density at radius 3 is 2.62 bits per heavy atom. The van der Waals surface area contributed by atoms with Crippen molar-refractivity contribution >= 4 is 17.0 Å². The highest BCUT2D eigenvalue weighted by atomic mass is 16.4. The molecule has 1 aromatic heterocycles. The second-order valence-electron chi connectivity index (χ2n) is 6.40. The highest BCUT2D eigenvalue weighted by molar-refractivity contribution is 5.92. The average Bonchev–Trinajstić information content (AvgIpc) is 2.78. The van der Waals surface area contributed by atoms with Gasteiger partial charge in [-0.25, -0.2) is 9.78 Å². The zero-order valence-electron chi connectivity index (χ0n) is 12.9. The number of rotatable bonds is 4. The Morgan fingerprint density at radius 2 is 2.14 bits per heavy atom. The summed E-state index contributed by atoms with van der Waals surface area (Å²) < 4.78 is 2.34. The van der Waals surface area contributed by atoms with Crippen molar-refractivity contribution in [1.29, 1.82) is 0 Å². The van der Waals surface area contributed by atoms with Crippen LogP contribution in [0.4, 0.5) is 0 Å². The van der Waals surface area contributed by atoms with Crippen molar-refractivity contribution in [3.8, 4) is 0 Å². The van der Waals surface area contributed by atoms with Gasteiger partial charge in [-0.05, 0) is 43.9 Å². The summed E-state index contributed by atoms with van der Waals surface area (Å²) in [4.78, 5) is 16.0. The third-order valence-corrected chi connectivity index (χ3v) is 4.86. The number of hydrogen-bond acceptors (Lipinski definition) is 2. The van der Waals surface area contributed by atoms with Gasteiger partial charge < -0.3 is 9.67 Å². The van der Waals surface area contributed by atoms with Crippen LogP contribution in [0.25, 0.3) is 11.0 Å². The lowest BCUT2D eigenvalue weighted by Crippen LogP contribution is -2.41. The van der Waals surface area contributed by atoms with E-state index in [1.165, 1.54) is 6.42 Å². The third kappa shape index (κ3) is 2.04. The van der Waals surface area contributed by atoms with E-state index >= 15 is 0 Å². The van der Waals surface area contributed by atoms with Gasteiger partial charge in [0, 0.05) is 11.5 Å². The Kier molecular flexibility index (Phi) is 3.27. The molecule has 0 aliphatic heterocycles. The highest BCUT2D eigenvalue weighted by Gasteiger charge is 2.40. The first-order valence-electron chi connectivity index (χ1n) is 7.74. The summed E-state index contributed by atoms with van der Waals surface area (Å²) in [7, 11) is 0. The molecule has 0 radical (unpaired) electrons. The molecule has 2 aromatic rings. The molecule has 4 heteroatoms. The largest absolute Gasteiger partial charge is 0.478 e. The van der Waals surface area contributed by atoms with E-state index in [1.54, 1.807) is 12.1 Å². The van der Waals surface area contributed by atoms with Crippen molar-refractivity contribution in [2.24, 2.45) is 0 Å². The molecule has 0 spiro atoms. The Bertz CT molecular complexity index is 691. The number of aromatic carboxylic acids is 1. The number of aromatic nitrogens is 2. The number of hydrogen-bond donors (Lipinski definition) is 1. The van der Waals surface area contributed by atoms with Gasteiger partial charge in [0.25, 0.3) is 0 Å². The number of carboxylic acids is 1. The molecular formula is C17H22N2O2. The lowest BCUT2D eigenvalue weighted by Gasteiger charge is -2.44. The first-order valence-corrected chi connectivity index (χ1v) is 7.74. The van der Waals surface area contributed by atoms with Crippen LogP contribution in [0.2, 0.25) is 0 Å². The standard InChI is InChI=1S/C17H22N2O2/c1-4-17(8-5-9-17)19-14-10-12(16(20)21)6-7-13(14)18-15(19)11(2)3/h6-7,10-11H,4-5,8-9H2,1-3H3,(H,20,21). The molecular weight excluding hydrogens is 264 g/mol. The number of carbonyl (C=O) groups is 1. The van der Waals surface area contributed by atoms with Crippen LogP contribution in [-0.4, -0.2) is 20.6 Å². The van der Waals surface area contributed by atoms with Crippen LogP contribution in [0.15, 0.2) is 18.2 Å². The third-order valence-electron chi connectivity index (χ3n) is 4.86. The van der Waals surface area contributed by atoms with Crippen molar-refractivity contribution < 1.29 is 9.90 Å². The molecule has 1 heterocycles. The average molecular weight is 286 g/mol. The van der Waals surface area contributed by atoms with E-state index in [0.717, 1.165) is 36.1 Å². The van der Waals surface area contributed by atoms with E-state index < -0.39 is 5.97 Å². The van der Waals surface area contributed by atoms with Crippen LogP contribution in [-0.2, 0) is 5.54 Å². The fraction of sp³-hybridized carbons (Fsp3) is 0.529. The number of carboxylic acid groups (broad SMARTS) is 1. The Hall–Kier alpha value is -1.84. The van der Waals surface area contributed by atoms with Gasteiger partial charge in [-0.15, -0.1) is 0 Å². The molecule has 1 N–H and O–H groups in total. The summed E-state index contributed by atoms with van der Waals surface area (Å²) in [6, 6.07) is 5.26. The van der Waals surface area contributed by atoms with Crippen LogP contribution in [0.3, 0.4) is 0 Å². The zero-order chi connectivity index (χ0) is 15.2. The lowest BCUT2D eigenvalue weighted by atomic mass is 9.74. The Balaban J connectivity index is 2.29. The van der Waals surface area contributed by atoms with Crippen molar-refractivity contribution in [1.82, 2.24) is 9.55 Å². The molecule has 1 saturated carbocycles. The van der Waals surface area contributed by atoms with Crippen molar-refractivity contribution in [2.45, 2.75) is 57.9 Å². The van der Waals surface area contributed by atoms with Gasteiger partial charge >= 0.3 is 5.97 Å². The summed E-state index contributed by atoms with van der Waals surface area (Å²) in [6.45, 7) is 6.52. The van der Waals surface area contributed by atoms with E-state index in [0.29, 0.717) is 11.5 Å². The van der Waals surface area contributed by atoms with Crippen molar-refractivity contribution in [2.75, 3.05) is 0 Å². The van der Waals surface area contributed by atoms with Gasteiger partial charge in [-0.2, -0.15) is 0 Å². The molecule has 4 nitrogen and oxygen atoms in total. The van der Waals surface area contributed by atoms with E-state index in [-0.39, 0.29) is 5.54 Å². The van der Waals surface area contributed by atoms with E-state index in [4.69, 9.17) is 4.98 Å². The summed E-state index contributed by atoms with van der Waals surface area (Å²) in [5, 5.41) is 9.25. The summed E-state index contributed by atoms with van der Waals surface area (Å²) >= 11 is 0. The first kappa shape index (κ1) is 14.1. The maximum absolute atomic E-state index is 11.3. The normalized spacial score (nSPS) is 17.1. The van der Waals surface area contributed by atoms with Gasteiger partial charge in [-0.3, -0.25) is 0 Å². The number of fused-ring (bicyclic) bond motifs is 1. The van der Waals surface area contributed by atoms with Gasteiger partial charge in [0.05, 0.1) is 16.6 Å². The number of benzene rings is 1. The summed E-state index contributed by atoms with van der Waals surface area (Å²) in [6.07, 6.45) is 4.62. The number of nitrogens with zero attached hydrogens (tertiary/aromatic N) is 2. The molecule has 1 aliphatic carbocycles. The van der Waals surface area contributed by atoms with Crippen LogP contribution in [0.5, 0.6) is 0 Å². The van der Waals surface area contributed by atoms with Gasteiger partial charge in [0.1, 0.15) is 5.82 Å². The van der Waals surface area contributed by atoms with E-state index in [9.17, 15) is 9.90 Å². The molecule has 1 aliphatic rings. The summed E-state index contributed by atoms with van der Waals surface area (Å²) in [5.41, 5.74) is 2.35. The molecule has 3 rings (SSSR count). The predicted octanol–water partition coefficient (Wildman–Crippen LogP) is 4.15. The smallest absolute Gasteiger partial charge is 0.335 e. The fourth-order valence-electron chi connectivity index (χ4n) is 3.43. The zero-order valence-corrected chi connectivity index (χ0v) is 12.9. The van der Waals surface area contributed by atoms with Crippen LogP contribution >= 0.6 is 0 Å². The van der Waals surface area contributed by atoms with Gasteiger partial charge in [0.15, 0.2) is 0 Å². The monoisotopic (exact) mass is 286 g/mol. The molecule has 112 valence electrons. The molecule has 0 atom stereocenters. The van der Waals surface area contributed by atoms with E-state index in [2.05, 4.69) is 25.3 Å². The summed E-state index contributed by atoms with van der Waals surface area (Å²) in [5.74, 6) is 0.527. The Morgan fingerprint density at radius 1 is 1.43 bits per heavy atom. The minimum atomic E-state index is -0.880. The molecule has 21 heavy (non-hydrogen) atoms.